The van der Waals surface area contributed by atoms with Gasteiger partial charge in [0.05, 0.1) is 48.4 Å². The van der Waals surface area contributed by atoms with Crippen LogP contribution >= 0.6 is 0 Å². The summed E-state index contributed by atoms with van der Waals surface area (Å²) < 4.78 is 15.2. The van der Waals surface area contributed by atoms with Crippen LogP contribution in [0.15, 0.2) is 48.5 Å². The number of aromatic nitrogens is 4. The third kappa shape index (κ3) is 7.27. The summed E-state index contributed by atoms with van der Waals surface area (Å²) in [5.74, 6) is 7.84. The maximum atomic E-state index is 14.3. The molecule has 4 aliphatic heterocycles. The number of hydrogen-bond donors (Lipinski definition) is 4. The van der Waals surface area contributed by atoms with Crippen LogP contribution in [-0.2, 0) is 23.8 Å². The number of nitrogens with one attached hydrogen (secondary N) is 4. The number of hydrogen-bond acceptors (Lipinski definition) is 9. The number of piperidine rings is 1. The van der Waals surface area contributed by atoms with Crippen molar-refractivity contribution in [1.29, 1.82) is 0 Å². The molecule has 3 aromatic carbocycles. The third-order valence-electron chi connectivity index (χ3n) is 13.0. The number of fused-ring (bicyclic) bond motifs is 5. The minimum absolute atomic E-state index is 0.00616. The van der Waals surface area contributed by atoms with E-state index in [1.54, 1.807) is 0 Å². The van der Waals surface area contributed by atoms with Crippen LogP contribution in [0.4, 0.5) is 9.59 Å². The Labute approximate surface area is 347 Å². The Hall–Kier alpha value is -6.14. The number of carbonyl (C=O) groups is 4. The number of alkyl carbamates (subject to hydrolysis) is 2. The number of amides is 4. The van der Waals surface area contributed by atoms with E-state index >= 15 is 0 Å². The molecular formula is C45H50N8O7. The van der Waals surface area contributed by atoms with Gasteiger partial charge in [0.2, 0.25) is 11.8 Å². The van der Waals surface area contributed by atoms with Gasteiger partial charge in [0.1, 0.15) is 23.7 Å². The number of aromatic amines is 2. The molecule has 6 heterocycles. The molecule has 5 aromatic rings. The van der Waals surface area contributed by atoms with Crippen LogP contribution in [0.25, 0.3) is 32.8 Å². The summed E-state index contributed by atoms with van der Waals surface area (Å²) >= 11 is 0. The van der Waals surface area contributed by atoms with Crippen molar-refractivity contribution in [3.05, 3.63) is 71.3 Å². The van der Waals surface area contributed by atoms with Crippen molar-refractivity contribution in [2.24, 2.45) is 11.8 Å². The lowest BCUT2D eigenvalue weighted by atomic mass is 9.88. The molecule has 15 heteroatoms. The van der Waals surface area contributed by atoms with Gasteiger partial charge in [0.15, 0.2) is 0 Å². The predicted octanol–water partition coefficient (Wildman–Crippen LogP) is 5.99. The lowest BCUT2D eigenvalue weighted by molar-refractivity contribution is -0.142. The van der Waals surface area contributed by atoms with E-state index in [2.05, 4.69) is 51.5 Å². The molecule has 312 valence electrons. The summed E-state index contributed by atoms with van der Waals surface area (Å²) in [5.41, 5.74) is 5.03. The Morgan fingerprint density at radius 1 is 0.833 bits per heavy atom. The average molecular weight is 815 g/mol. The topological polar surface area (TPSA) is 184 Å². The molecule has 15 nitrogen and oxygen atoms in total. The molecule has 7 atom stereocenters. The van der Waals surface area contributed by atoms with E-state index < -0.39 is 24.3 Å². The van der Waals surface area contributed by atoms with Crippen molar-refractivity contribution in [2.75, 3.05) is 27.4 Å². The minimum Gasteiger partial charge on any atom is -0.453 e. The highest BCUT2D eigenvalue weighted by atomic mass is 16.5. The van der Waals surface area contributed by atoms with Crippen LogP contribution in [0, 0.1) is 23.7 Å². The second kappa shape index (κ2) is 16.1. The van der Waals surface area contributed by atoms with Gasteiger partial charge in [-0.3, -0.25) is 9.59 Å². The number of rotatable bonds is 6. The van der Waals surface area contributed by atoms with Crippen LogP contribution in [0.3, 0.4) is 0 Å². The Balaban J connectivity index is 0.931. The van der Waals surface area contributed by atoms with E-state index in [0.717, 1.165) is 87.7 Å². The molecule has 4 aliphatic rings. The van der Waals surface area contributed by atoms with Gasteiger partial charge in [-0.2, -0.15) is 0 Å². The van der Waals surface area contributed by atoms with Crippen LogP contribution < -0.4 is 10.6 Å². The third-order valence-corrected chi connectivity index (χ3v) is 13.0. The molecule has 4 amide bonds. The zero-order valence-electron chi connectivity index (χ0n) is 34.2. The number of nitrogens with zero attached hydrogens (tertiary/aromatic N) is 4. The minimum atomic E-state index is -0.712. The fourth-order valence-electron chi connectivity index (χ4n) is 9.94. The predicted molar refractivity (Wildman–Crippen MR) is 223 cm³/mol. The molecule has 9 rings (SSSR count). The van der Waals surface area contributed by atoms with E-state index in [0.29, 0.717) is 26.1 Å². The van der Waals surface area contributed by atoms with Gasteiger partial charge in [-0.25, -0.2) is 19.6 Å². The van der Waals surface area contributed by atoms with Gasteiger partial charge >= 0.3 is 12.2 Å². The summed E-state index contributed by atoms with van der Waals surface area (Å²) in [7, 11) is 2.61. The van der Waals surface area contributed by atoms with Gasteiger partial charge < -0.3 is 44.6 Å². The van der Waals surface area contributed by atoms with Crippen molar-refractivity contribution in [3.63, 3.8) is 0 Å². The summed E-state index contributed by atoms with van der Waals surface area (Å²) in [6.07, 6.45) is 4.19. The number of benzene rings is 3. The van der Waals surface area contributed by atoms with Crippen LogP contribution in [0.1, 0.15) is 93.7 Å². The molecule has 60 heavy (non-hydrogen) atoms. The molecule has 4 fully saturated rings. The molecule has 0 bridgehead atoms. The number of imidazole rings is 2. The summed E-state index contributed by atoms with van der Waals surface area (Å²) in [5, 5.41) is 7.55. The quantitative estimate of drug-likeness (QED) is 0.150. The van der Waals surface area contributed by atoms with Crippen LogP contribution in [0.2, 0.25) is 0 Å². The van der Waals surface area contributed by atoms with E-state index in [1.807, 2.05) is 53.1 Å². The van der Waals surface area contributed by atoms with E-state index in [1.165, 1.54) is 14.2 Å². The molecule has 2 aromatic heterocycles. The molecule has 4 N–H and O–H groups in total. The first-order valence-electron chi connectivity index (χ1n) is 20.9. The monoisotopic (exact) mass is 814 g/mol. The van der Waals surface area contributed by atoms with Crippen molar-refractivity contribution in [1.82, 2.24) is 40.4 Å². The van der Waals surface area contributed by atoms with E-state index in [9.17, 15) is 19.2 Å². The second-order valence-corrected chi connectivity index (χ2v) is 16.7. The largest absolute Gasteiger partial charge is 0.453 e. The Kier molecular flexibility index (Phi) is 10.6. The highest BCUT2D eigenvalue weighted by Crippen LogP contribution is 2.42. The normalized spacial score (nSPS) is 24.9. The molecule has 0 saturated carbocycles. The molecule has 0 radical (unpaired) electrons. The SMILES string of the molecule is COC(=O)N[C@@H]1C(=O)N2[C@H](CC[C@H]2c2nc3ccc(C#Cc4ccc5c(ccc6[nH]c([C@@H]7CC[C@H](C)N7C(=O)[C@@H](NC(=O)OC)C7CCOCC7)nc65)c4)cc3[nH]2)CC1C. The van der Waals surface area contributed by atoms with Crippen LogP contribution in [0.5, 0.6) is 0 Å². The van der Waals surface area contributed by atoms with Gasteiger partial charge in [-0.1, -0.05) is 30.9 Å². The Morgan fingerprint density at radius 2 is 1.55 bits per heavy atom. The molecular weight excluding hydrogens is 765 g/mol. The Bertz CT molecular complexity index is 2550. The number of likely N-dealkylation sites (tertiary alicyclic amines) is 1. The maximum Gasteiger partial charge on any atom is 0.407 e. The molecule has 0 aliphatic carbocycles. The van der Waals surface area contributed by atoms with Gasteiger partial charge in [0.25, 0.3) is 0 Å². The fourth-order valence-corrected chi connectivity index (χ4v) is 9.94. The first kappa shape index (κ1) is 39.3. The van der Waals surface area contributed by atoms with Crippen molar-refractivity contribution in [2.45, 2.75) is 95.0 Å². The second-order valence-electron chi connectivity index (χ2n) is 16.7. The van der Waals surface area contributed by atoms with Crippen molar-refractivity contribution < 1.29 is 33.4 Å². The highest BCUT2D eigenvalue weighted by Gasteiger charge is 2.48. The zero-order chi connectivity index (χ0) is 41.7. The maximum absolute atomic E-state index is 14.3. The van der Waals surface area contributed by atoms with Gasteiger partial charge in [-0.05, 0) is 105 Å². The average Bonchev–Trinajstić information content (AvgIpc) is 4.07. The first-order chi connectivity index (χ1) is 29.1. The number of ether oxygens (including phenoxy) is 3. The lowest BCUT2D eigenvalue weighted by Gasteiger charge is -2.41. The molecule has 1 unspecified atom stereocenters. The standard InChI is InChI=1S/C45H50N8O7/c1-24-21-30-11-16-36(53(30)42(54)37(24)50-44(56)58-3)40-46-32-13-9-27(23-34(32)48-40)7-6-26-8-12-31-29(22-26)10-14-33-39(31)49-41(47-33)35-15-5-25(2)52(35)43(55)38(51-45(57)59-4)28-17-19-60-20-18-28/h8-10,12-14,22-25,28,30,35-38H,5,11,15-21H2,1-4H3,(H,46,48)(H,47,49)(H,50,56)(H,51,57)/t24?,25-,30+,35-,36-,37-,38-/m0/s1. The van der Waals surface area contributed by atoms with Crippen LogP contribution in [-0.4, -0.2) is 105 Å². The summed E-state index contributed by atoms with van der Waals surface area (Å²) in [6.45, 7) is 5.14. The Morgan fingerprint density at radius 3 is 2.33 bits per heavy atom. The number of methoxy groups -OCH3 is 2. The number of carbonyl (C=O) groups excluding carboxylic acids is 4. The van der Waals surface area contributed by atoms with E-state index in [-0.39, 0.29) is 47.8 Å². The van der Waals surface area contributed by atoms with Gasteiger partial charge in [0, 0.05) is 41.8 Å². The highest BCUT2D eigenvalue weighted by molar-refractivity contribution is 6.04. The lowest BCUT2D eigenvalue weighted by Crippen LogP contribution is -2.58. The van der Waals surface area contributed by atoms with Crippen molar-refractivity contribution >= 4 is 56.8 Å². The number of H-pyrrole nitrogens is 2. The summed E-state index contributed by atoms with van der Waals surface area (Å²) in [4.78, 5) is 73.1. The van der Waals surface area contributed by atoms with E-state index in [4.69, 9.17) is 24.2 Å². The fraction of sp³-hybridized carbons (Fsp3) is 0.467. The zero-order valence-corrected chi connectivity index (χ0v) is 34.2. The van der Waals surface area contributed by atoms with Gasteiger partial charge in [-0.15, -0.1) is 0 Å². The molecule has 4 saturated heterocycles. The molecule has 0 spiro atoms. The first-order valence-corrected chi connectivity index (χ1v) is 20.9. The van der Waals surface area contributed by atoms with Crippen molar-refractivity contribution in [3.8, 4) is 11.8 Å². The smallest absolute Gasteiger partial charge is 0.407 e. The summed E-state index contributed by atoms with van der Waals surface area (Å²) in [6, 6.07) is 14.3.